The fourth-order valence-electron chi connectivity index (χ4n) is 2.40. The second-order valence-corrected chi connectivity index (χ2v) is 5.77. The molecule has 0 atom stereocenters. The molecule has 1 amide bonds. The lowest BCUT2D eigenvalue weighted by molar-refractivity contribution is 0.0949. The molecule has 0 aliphatic rings. The lowest BCUT2D eigenvalue weighted by Crippen LogP contribution is -2.23. The third kappa shape index (κ3) is 4.19. The van der Waals surface area contributed by atoms with Crippen molar-refractivity contribution in [3.8, 4) is 0 Å². The first-order valence-electron chi connectivity index (χ1n) is 7.71. The summed E-state index contributed by atoms with van der Waals surface area (Å²) in [5.41, 5.74) is 1.41. The highest BCUT2D eigenvalue weighted by molar-refractivity contribution is 6.31. The molecule has 4 nitrogen and oxygen atoms in total. The third-order valence-electron chi connectivity index (χ3n) is 3.69. The molecule has 2 N–H and O–H groups in total. The first kappa shape index (κ1) is 17.0. The van der Waals surface area contributed by atoms with Crippen LogP contribution in [-0.4, -0.2) is 5.91 Å². The zero-order chi connectivity index (χ0) is 17.6. The summed E-state index contributed by atoms with van der Waals surface area (Å²) in [4.78, 5) is 12.4. The molecule has 0 radical (unpaired) electrons. The van der Waals surface area contributed by atoms with E-state index in [-0.39, 0.29) is 18.3 Å². The van der Waals surface area contributed by atoms with Gasteiger partial charge in [0, 0.05) is 22.8 Å². The summed E-state index contributed by atoms with van der Waals surface area (Å²) in [7, 11) is 0. The monoisotopic (exact) mass is 358 g/mol. The number of benzene rings is 2. The van der Waals surface area contributed by atoms with Gasteiger partial charge in [-0.2, -0.15) is 0 Å². The summed E-state index contributed by atoms with van der Waals surface area (Å²) in [5.74, 6) is 0.0239. The van der Waals surface area contributed by atoms with Crippen molar-refractivity contribution in [2.24, 2.45) is 0 Å². The molecule has 1 heterocycles. The Morgan fingerprint density at radius 3 is 2.64 bits per heavy atom. The lowest BCUT2D eigenvalue weighted by Gasteiger charge is -2.13. The number of amides is 1. The Balaban J connectivity index is 1.71. The number of para-hydroxylation sites is 1. The van der Waals surface area contributed by atoms with Crippen molar-refractivity contribution < 1.29 is 13.6 Å². The van der Waals surface area contributed by atoms with Crippen molar-refractivity contribution in [3.05, 3.63) is 88.6 Å². The van der Waals surface area contributed by atoms with Crippen molar-refractivity contribution in [3.63, 3.8) is 0 Å². The standard InChI is InChI=1S/C19H16ClFN2O2/c20-16-7-3-8-17(21)15(16)12-22-18-9-2-1-6-14(18)19(24)23-11-13-5-4-10-25-13/h1-10,22H,11-12H2,(H,23,24). The maximum absolute atomic E-state index is 13.9. The van der Waals surface area contributed by atoms with Crippen molar-refractivity contribution in [2.75, 3.05) is 5.32 Å². The van der Waals surface area contributed by atoms with Gasteiger partial charge in [0.25, 0.3) is 5.91 Å². The molecule has 0 spiro atoms. The molecule has 2 aromatic carbocycles. The van der Waals surface area contributed by atoms with Gasteiger partial charge in [0.05, 0.1) is 18.4 Å². The highest BCUT2D eigenvalue weighted by Crippen LogP contribution is 2.22. The summed E-state index contributed by atoms with van der Waals surface area (Å²) in [5, 5.41) is 6.21. The van der Waals surface area contributed by atoms with Crippen LogP contribution in [0.3, 0.4) is 0 Å². The predicted octanol–water partition coefficient (Wildman–Crippen LogP) is 4.61. The average molecular weight is 359 g/mol. The van der Waals surface area contributed by atoms with Crippen molar-refractivity contribution in [2.45, 2.75) is 13.1 Å². The van der Waals surface area contributed by atoms with E-state index >= 15 is 0 Å². The zero-order valence-corrected chi connectivity index (χ0v) is 14.0. The maximum atomic E-state index is 13.9. The summed E-state index contributed by atoms with van der Waals surface area (Å²) in [6, 6.07) is 15.1. The van der Waals surface area contributed by atoms with Crippen LogP contribution in [0.15, 0.2) is 65.3 Å². The highest BCUT2D eigenvalue weighted by Gasteiger charge is 2.13. The number of halogens is 2. The Bertz CT molecular complexity index is 845. The largest absolute Gasteiger partial charge is 0.467 e. The maximum Gasteiger partial charge on any atom is 0.253 e. The molecule has 128 valence electrons. The zero-order valence-electron chi connectivity index (χ0n) is 13.3. The number of nitrogens with one attached hydrogen (secondary N) is 2. The molecule has 1 aromatic heterocycles. The van der Waals surface area contributed by atoms with E-state index in [1.807, 2.05) is 0 Å². The predicted molar refractivity (Wildman–Crippen MR) is 95.1 cm³/mol. The Labute approximate surface area is 149 Å². The van der Waals surface area contributed by atoms with Gasteiger partial charge < -0.3 is 15.1 Å². The fourth-order valence-corrected chi connectivity index (χ4v) is 2.63. The van der Waals surface area contributed by atoms with E-state index in [4.69, 9.17) is 16.0 Å². The van der Waals surface area contributed by atoms with Gasteiger partial charge in [-0.05, 0) is 36.4 Å². The number of hydrogen-bond donors (Lipinski definition) is 2. The summed E-state index contributed by atoms with van der Waals surface area (Å²) >= 11 is 6.04. The van der Waals surface area contributed by atoms with E-state index < -0.39 is 0 Å². The molecule has 0 bridgehead atoms. The van der Waals surface area contributed by atoms with Gasteiger partial charge in [-0.1, -0.05) is 29.8 Å². The normalized spacial score (nSPS) is 10.5. The van der Waals surface area contributed by atoms with Crippen molar-refractivity contribution in [1.29, 1.82) is 0 Å². The minimum Gasteiger partial charge on any atom is -0.467 e. The van der Waals surface area contributed by atoms with Crippen LogP contribution in [0.25, 0.3) is 0 Å². The number of hydrogen-bond acceptors (Lipinski definition) is 3. The van der Waals surface area contributed by atoms with E-state index in [1.165, 1.54) is 6.07 Å². The van der Waals surface area contributed by atoms with Crippen LogP contribution >= 0.6 is 11.6 Å². The molecule has 0 saturated carbocycles. The third-order valence-corrected chi connectivity index (χ3v) is 4.05. The van der Waals surface area contributed by atoms with Gasteiger partial charge in [0.1, 0.15) is 11.6 Å². The smallest absolute Gasteiger partial charge is 0.253 e. The Kier molecular flexibility index (Phi) is 5.36. The topological polar surface area (TPSA) is 54.3 Å². The molecule has 6 heteroatoms. The number of carbonyl (C=O) groups is 1. The second-order valence-electron chi connectivity index (χ2n) is 5.36. The summed E-state index contributed by atoms with van der Waals surface area (Å²) in [6.07, 6.45) is 1.55. The van der Waals surface area contributed by atoms with Crippen LogP contribution in [0.4, 0.5) is 10.1 Å². The minimum atomic E-state index is -0.389. The quantitative estimate of drug-likeness (QED) is 0.676. The van der Waals surface area contributed by atoms with Crippen LogP contribution < -0.4 is 10.6 Å². The molecule has 25 heavy (non-hydrogen) atoms. The second kappa shape index (κ2) is 7.85. The minimum absolute atomic E-state index is 0.175. The number of anilines is 1. The van der Waals surface area contributed by atoms with Gasteiger partial charge in [-0.25, -0.2) is 4.39 Å². The number of carbonyl (C=O) groups excluding carboxylic acids is 1. The van der Waals surface area contributed by atoms with E-state index in [1.54, 1.807) is 54.8 Å². The van der Waals surface area contributed by atoms with Gasteiger partial charge in [0.2, 0.25) is 0 Å². The van der Waals surface area contributed by atoms with E-state index in [9.17, 15) is 9.18 Å². The molecule has 0 aliphatic carbocycles. The SMILES string of the molecule is O=C(NCc1ccco1)c1ccccc1NCc1c(F)cccc1Cl. The van der Waals surface area contributed by atoms with E-state index in [2.05, 4.69) is 10.6 Å². The first-order chi connectivity index (χ1) is 12.1. The molecule has 0 aliphatic heterocycles. The van der Waals surface area contributed by atoms with Gasteiger partial charge in [-0.3, -0.25) is 4.79 Å². The Hall–Kier alpha value is -2.79. The van der Waals surface area contributed by atoms with Crippen LogP contribution in [0, 0.1) is 5.82 Å². The van der Waals surface area contributed by atoms with Crippen LogP contribution in [0.2, 0.25) is 5.02 Å². The van der Waals surface area contributed by atoms with Gasteiger partial charge in [-0.15, -0.1) is 0 Å². The summed E-state index contributed by atoms with van der Waals surface area (Å²) < 4.78 is 19.1. The van der Waals surface area contributed by atoms with Crippen molar-refractivity contribution in [1.82, 2.24) is 5.32 Å². The molecule has 3 aromatic rings. The molecule has 0 saturated heterocycles. The fraction of sp³-hybridized carbons (Fsp3) is 0.105. The van der Waals surface area contributed by atoms with Gasteiger partial charge in [0.15, 0.2) is 0 Å². The molecular formula is C19H16ClFN2O2. The highest BCUT2D eigenvalue weighted by atomic mass is 35.5. The Morgan fingerprint density at radius 2 is 1.88 bits per heavy atom. The van der Waals surface area contributed by atoms with Gasteiger partial charge >= 0.3 is 0 Å². The number of rotatable bonds is 6. The molecule has 0 unspecified atom stereocenters. The van der Waals surface area contributed by atoms with E-state index in [0.29, 0.717) is 34.1 Å². The van der Waals surface area contributed by atoms with Crippen molar-refractivity contribution >= 4 is 23.2 Å². The van der Waals surface area contributed by atoms with Crippen LogP contribution in [0.1, 0.15) is 21.7 Å². The Morgan fingerprint density at radius 1 is 1.04 bits per heavy atom. The van der Waals surface area contributed by atoms with Crippen LogP contribution in [-0.2, 0) is 13.1 Å². The lowest BCUT2D eigenvalue weighted by atomic mass is 10.1. The van der Waals surface area contributed by atoms with E-state index in [0.717, 1.165) is 0 Å². The molecule has 0 fully saturated rings. The molecular weight excluding hydrogens is 343 g/mol. The summed E-state index contributed by atoms with van der Waals surface area (Å²) in [6.45, 7) is 0.466. The first-order valence-corrected chi connectivity index (χ1v) is 8.09. The van der Waals surface area contributed by atoms with Crippen LogP contribution in [0.5, 0.6) is 0 Å². The average Bonchev–Trinajstić information content (AvgIpc) is 3.13. The number of furan rings is 1. The molecule has 3 rings (SSSR count).